The van der Waals surface area contributed by atoms with Gasteiger partial charge in [-0.15, -0.1) is 0 Å². The van der Waals surface area contributed by atoms with E-state index >= 15 is 0 Å². The van der Waals surface area contributed by atoms with Crippen molar-refractivity contribution < 1.29 is 18.4 Å². The summed E-state index contributed by atoms with van der Waals surface area (Å²) in [4.78, 5) is 12.2. The first kappa shape index (κ1) is 20.8. The average Bonchev–Trinajstić information content (AvgIpc) is 2.45. The van der Waals surface area contributed by atoms with Crippen molar-refractivity contribution in [3.8, 4) is 0 Å². The molecule has 0 aliphatic heterocycles. The number of carbonyl (C=O) groups is 1. The molecule has 0 fully saturated rings. The molecule has 1 rings (SSSR count). The first-order chi connectivity index (χ1) is 10.7. The molecule has 1 aromatic rings. The highest BCUT2D eigenvalue weighted by molar-refractivity contribution is 7.55. The lowest BCUT2D eigenvalue weighted by atomic mass is 10.1. The second-order valence-corrected chi connectivity index (χ2v) is 9.03. The normalized spacial score (nSPS) is 13.6. The minimum atomic E-state index is -3.84. The Morgan fingerprint density at radius 3 is 2.13 bits per heavy atom. The number of halogens is 3. The molecule has 1 aromatic carbocycles. The van der Waals surface area contributed by atoms with Gasteiger partial charge in [0, 0.05) is 0 Å². The van der Waals surface area contributed by atoms with Crippen molar-refractivity contribution in [3.05, 3.63) is 35.9 Å². The molecule has 0 aliphatic rings. The lowest BCUT2D eigenvalue weighted by molar-refractivity contribution is -0.120. The summed E-state index contributed by atoms with van der Waals surface area (Å²) >= 11 is 17.7. The summed E-state index contributed by atoms with van der Waals surface area (Å²) in [5, 5.41) is 2.47. The molecular formula is C14H19Cl3NO4P. The summed E-state index contributed by atoms with van der Waals surface area (Å²) in [6, 6.07) is 9.02. The molecule has 0 saturated carbocycles. The monoisotopic (exact) mass is 401 g/mol. The molecule has 0 aromatic heterocycles. The minimum Gasteiger partial charge on any atom is -0.338 e. The molecule has 130 valence electrons. The van der Waals surface area contributed by atoms with Crippen LogP contribution in [0.5, 0.6) is 0 Å². The fourth-order valence-corrected chi connectivity index (χ4v) is 4.86. The zero-order valence-electron chi connectivity index (χ0n) is 12.8. The quantitative estimate of drug-likeness (QED) is 0.520. The van der Waals surface area contributed by atoms with E-state index in [1.54, 1.807) is 38.1 Å². The number of nitrogens with one attached hydrogen (secondary N) is 1. The van der Waals surface area contributed by atoms with Crippen LogP contribution in [-0.2, 0) is 24.8 Å². The Balaban J connectivity index is 2.94. The third kappa shape index (κ3) is 6.61. The molecule has 0 aliphatic carbocycles. The van der Waals surface area contributed by atoms with E-state index in [0.717, 1.165) is 5.56 Å². The summed E-state index contributed by atoms with van der Waals surface area (Å²) in [5.41, 5.74) is 0.774. The maximum absolute atomic E-state index is 12.8. The van der Waals surface area contributed by atoms with E-state index in [0.29, 0.717) is 0 Å². The van der Waals surface area contributed by atoms with E-state index in [1.807, 2.05) is 6.07 Å². The Morgan fingerprint density at radius 2 is 1.70 bits per heavy atom. The highest BCUT2D eigenvalue weighted by atomic mass is 35.6. The van der Waals surface area contributed by atoms with Gasteiger partial charge in [0.05, 0.1) is 19.6 Å². The summed E-state index contributed by atoms with van der Waals surface area (Å²) in [6.07, 6.45) is 0.0519. The van der Waals surface area contributed by atoms with Gasteiger partial charge in [0.25, 0.3) is 0 Å². The van der Waals surface area contributed by atoms with Crippen LogP contribution >= 0.6 is 42.4 Å². The number of alkyl halides is 3. The van der Waals surface area contributed by atoms with Crippen molar-refractivity contribution in [1.29, 1.82) is 0 Å². The summed E-state index contributed by atoms with van der Waals surface area (Å²) in [5.74, 6) is -1.86. The number of carbonyl (C=O) groups excluding carboxylic acids is 1. The van der Waals surface area contributed by atoms with Crippen molar-refractivity contribution in [2.45, 2.75) is 29.8 Å². The van der Waals surface area contributed by atoms with E-state index in [9.17, 15) is 9.36 Å². The van der Waals surface area contributed by atoms with E-state index in [-0.39, 0.29) is 19.6 Å². The van der Waals surface area contributed by atoms with E-state index in [2.05, 4.69) is 5.32 Å². The lowest BCUT2D eigenvalue weighted by Crippen LogP contribution is -2.45. The van der Waals surface area contributed by atoms with Crippen LogP contribution < -0.4 is 5.32 Å². The largest absolute Gasteiger partial charge is 0.357 e. The molecule has 1 atom stereocenters. The van der Waals surface area contributed by atoms with Gasteiger partial charge in [-0.05, 0) is 19.4 Å². The Bertz CT molecular complexity index is 541. The molecule has 0 heterocycles. The molecule has 23 heavy (non-hydrogen) atoms. The number of hydrogen-bond acceptors (Lipinski definition) is 4. The van der Waals surface area contributed by atoms with Crippen molar-refractivity contribution in [2.75, 3.05) is 13.2 Å². The highest BCUT2D eigenvalue weighted by Gasteiger charge is 2.49. The molecule has 1 amide bonds. The van der Waals surface area contributed by atoms with Crippen LogP contribution in [0, 0.1) is 0 Å². The predicted octanol–water partition coefficient (Wildman–Crippen LogP) is 4.31. The molecule has 9 heteroatoms. The molecule has 0 radical (unpaired) electrons. The maximum Gasteiger partial charge on any atom is 0.357 e. The van der Waals surface area contributed by atoms with Crippen molar-refractivity contribution >= 4 is 48.3 Å². The minimum absolute atomic E-state index is 0.0519. The van der Waals surface area contributed by atoms with Crippen LogP contribution in [0.2, 0.25) is 0 Å². The summed E-state index contributed by atoms with van der Waals surface area (Å²) < 4.78 is 21.1. The Morgan fingerprint density at radius 1 is 1.17 bits per heavy atom. The van der Waals surface area contributed by atoms with Gasteiger partial charge in [-0.2, -0.15) is 0 Å². The molecule has 5 nitrogen and oxygen atoms in total. The fraction of sp³-hybridized carbons (Fsp3) is 0.500. The summed E-state index contributed by atoms with van der Waals surface area (Å²) in [6.45, 7) is 3.44. The topological polar surface area (TPSA) is 64.6 Å². The number of amides is 1. The van der Waals surface area contributed by atoms with Gasteiger partial charge >= 0.3 is 7.60 Å². The van der Waals surface area contributed by atoms with Crippen molar-refractivity contribution in [1.82, 2.24) is 5.32 Å². The van der Waals surface area contributed by atoms with Gasteiger partial charge in [-0.3, -0.25) is 9.36 Å². The van der Waals surface area contributed by atoms with Gasteiger partial charge in [0.15, 0.2) is 5.78 Å². The van der Waals surface area contributed by atoms with E-state index < -0.39 is 23.1 Å². The molecule has 1 N–H and O–H groups in total. The predicted molar refractivity (Wildman–Crippen MR) is 93.2 cm³/mol. The molecular weight excluding hydrogens is 383 g/mol. The zero-order valence-corrected chi connectivity index (χ0v) is 16.0. The van der Waals surface area contributed by atoms with Crippen LogP contribution in [0.1, 0.15) is 19.4 Å². The van der Waals surface area contributed by atoms with E-state index in [4.69, 9.17) is 43.9 Å². The van der Waals surface area contributed by atoms with Gasteiger partial charge in [-0.25, -0.2) is 0 Å². The van der Waals surface area contributed by atoms with Gasteiger partial charge in [0.1, 0.15) is 0 Å². The smallest absolute Gasteiger partial charge is 0.338 e. The Kier molecular flexibility index (Phi) is 8.36. The van der Waals surface area contributed by atoms with Crippen molar-refractivity contribution in [2.24, 2.45) is 0 Å². The van der Waals surface area contributed by atoms with Gasteiger partial charge < -0.3 is 14.4 Å². The third-order valence-corrected chi connectivity index (χ3v) is 6.25. The summed E-state index contributed by atoms with van der Waals surface area (Å²) in [7, 11) is -3.84. The molecule has 0 spiro atoms. The number of benzene rings is 1. The number of rotatable bonds is 8. The van der Waals surface area contributed by atoms with Crippen LogP contribution in [-0.4, -0.2) is 28.7 Å². The van der Waals surface area contributed by atoms with Crippen LogP contribution in [0.4, 0.5) is 0 Å². The SMILES string of the molecule is CCOP(=O)(OCC)[C@@H](NC(=O)Cc1ccccc1)C(Cl)(Cl)Cl. The highest BCUT2D eigenvalue weighted by Crippen LogP contribution is 2.58. The molecule has 0 unspecified atom stereocenters. The zero-order chi connectivity index (χ0) is 17.5. The van der Waals surface area contributed by atoms with Crippen LogP contribution in [0.25, 0.3) is 0 Å². The first-order valence-electron chi connectivity index (χ1n) is 7.01. The lowest BCUT2D eigenvalue weighted by Gasteiger charge is -2.31. The average molecular weight is 403 g/mol. The first-order valence-corrected chi connectivity index (χ1v) is 9.76. The number of hydrogen-bond donors (Lipinski definition) is 1. The maximum atomic E-state index is 12.8. The van der Waals surface area contributed by atoms with E-state index in [1.165, 1.54) is 0 Å². The van der Waals surface area contributed by atoms with Crippen LogP contribution in [0.15, 0.2) is 30.3 Å². The third-order valence-electron chi connectivity index (χ3n) is 2.75. The second-order valence-electron chi connectivity index (χ2n) is 4.55. The van der Waals surface area contributed by atoms with Gasteiger partial charge in [0.2, 0.25) is 9.70 Å². The van der Waals surface area contributed by atoms with Crippen molar-refractivity contribution in [3.63, 3.8) is 0 Å². The van der Waals surface area contributed by atoms with Crippen LogP contribution in [0.3, 0.4) is 0 Å². The molecule has 0 saturated heterocycles. The Labute approximate surface area is 151 Å². The second kappa shape index (κ2) is 9.26. The Hall–Kier alpha value is -0.290. The van der Waals surface area contributed by atoms with Gasteiger partial charge in [-0.1, -0.05) is 65.1 Å². The fourth-order valence-electron chi connectivity index (χ4n) is 1.87. The standard InChI is InChI=1S/C14H19Cl3NO4P/c1-3-21-23(20,22-4-2)13(14(15,16)17)18-12(19)10-11-8-6-5-7-9-11/h5-9,13H,3-4,10H2,1-2H3,(H,18,19)/t13-/m1/s1. The molecule has 0 bridgehead atoms.